The summed E-state index contributed by atoms with van der Waals surface area (Å²) in [5, 5.41) is 8.56. The summed E-state index contributed by atoms with van der Waals surface area (Å²) in [4.78, 5) is 14.3. The van der Waals surface area contributed by atoms with E-state index in [2.05, 4.69) is 23.6 Å². The Hall–Kier alpha value is -1.47. The van der Waals surface area contributed by atoms with Crippen molar-refractivity contribution < 1.29 is 18.3 Å². The molecule has 2 N–H and O–H groups in total. The van der Waals surface area contributed by atoms with E-state index in [4.69, 9.17) is 5.11 Å². The van der Waals surface area contributed by atoms with Crippen molar-refractivity contribution in [1.29, 1.82) is 0 Å². The molecule has 1 saturated carbocycles. The molecule has 1 aromatic heterocycles. The van der Waals surface area contributed by atoms with Crippen molar-refractivity contribution in [3.8, 4) is 0 Å². The monoisotopic (exact) mass is 284 g/mol. The molecular formula is C12H16N2O4S. The van der Waals surface area contributed by atoms with Crippen LogP contribution in [-0.4, -0.2) is 31.0 Å². The minimum Gasteiger partial charge on any atom is -0.478 e. The maximum atomic E-state index is 11.9. The predicted octanol–water partition coefficient (Wildman–Crippen LogP) is 1.10. The number of nitrogens with one attached hydrogen (secondary N) is 1. The molecule has 1 aliphatic rings. The average molecular weight is 284 g/mol. The van der Waals surface area contributed by atoms with E-state index in [1.165, 1.54) is 12.1 Å². The molecule has 1 atom stereocenters. The molecule has 1 heterocycles. The number of carboxylic acids is 1. The molecule has 0 radical (unpaired) electrons. The molecule has 1 aliphatic carbocycles. The van der Waals surface area contributed by atoms with Gasteiger partial charge >= 0.3 is 5.97 Å². The average Bonchev–Trinajstić information content (AvgIpc) is 2.95. The Morgan fingerprint density at radius 2 is 2.16 bits per heavy atom. The first-order valence-electron chi connectivity index (χ1n) is 5.91. The fourth-order valence-electron chi connectivity index (χ4n) is 1.87. The van der Waals surface area contributed by atoms with Gasteiger partial charge in [0.1, 0.15) is 0 Å². The third-order valence-corrected chi connectivity index (χ3v) is 4.83. The van der Waals surface area contributed by atoms with Gasteiger partial charge in [-0.2, -0.15) is 0 Å². The summed E-state index contributed by atoms with van der Waals surface area (Å²) in [6.45, 7) is 4.56. The van der Waals surface area contributed by atoms with E-state index in [0.29, 0.717) is 12.5 Å². The lowest BCUT2D eigenvalue weighted by Gasteiger charge is -2.07. The summed E-state index contributed by atoms with van der Waals surface area (Å²) in [6.07, 6.45) is 2.04. The fourth-order valence-corrected chi connectivity index (χ4v) is 2.88. The van der Waals surface area contributed by atoms with E-state index in [1.807, 2.05) is 0 Å². The van der Waals surface area contributed by atoms with Crippen LogP contribution in [0, 0.1) is 11.3 Å². The van der Waals surface area contributed by atoms with Crippen molar-refractivity contribution in [2.45, 2.75) is 25.3 Å². The predicted molar refractivity (Wildman–Crippen MR) is 68.3 cm³/mol. The number of pyridine rings is 1. The van der Waals surface area contributed by atoms with E-state index in [-0.39, 0.29) is 16.0 Å². The second-order valence-electron chi connectivity index (χ2n) is 5.43. The van der Waals surface area contributed by atoms with Crippen LogP contribution < -0.4 is 4.72 Å². The van der Waals surface area contributed by atoms with Gasteiger partial charge in [-0.25, -0.2) is 22.9 Å². The van der Waals surface area contributed by atoms with Crippen molar-refractivity contribution in [3.63, 3.8) is 0 Å². The topological polar surface area (TPSA) is 96.4 Å². The highest BCUT2D eigenvalue weighted by atomic mass is 32.2. The number of hydrogen-bond donors (Lipinski definition) is 2. The number of sulfonamides is 1. The largest absolute Gasteiger partial charge is 0.478 e. The minimum atomic E-state index is -3.66. The summed E-state index contributed by atoms with van der Waals surface area (Å²) in [6, 6.07) is 2.43. The zero-order chi connectivity index (χ0) is 14.3. The molecule has 0 aliphatic heterocycles. The second-order valence-corrected chi connectivity index (χ2v) is 7.15. The van der Waals surface area contributed by atoms with Gasteiger partial charge in [0.2, 0.25) is 0 Å². The molecule has 2 rings (SSSR count). The number of nitrogens with zero attached hydrogens (tertiary/aromatic N) is 1. The molecule has 0 aromatic carbocycles. The Kier molecular flexibility index (Phi) is 3.36. The normalized spacial score (nSPS) is 21.1. The smallest absolute Gasteiger partial charge is 0.337 e. The molecule has 1 aromatic rings. The third-order valence-electron chi connectivity index (χ3n) is 3.50. The second kappa shape index (κ2) is 4.57. The molecule has 0 spiro atoms. The van der Waals surface area contributed by atoms with Crippen LogP contribution in [0.3, 0.4) is 0 Å². The van der Waals surface area contributed by atoms with Gasteiger partial charge in [-0.3, -0.25) is 0 Å². The minimum absolute atomic E-state index is 0.0396. The summed E-state index contributed by atoms with van der Waals surface area (Å²) < 4.78 is 26.4. The van der Waals surface area contributed by atoms with Crippen molar-refractivity contribution in [3.05, 3.63) is 23.9 Å². The third kappa shape index (κ3) is 3.10. The maximum absolute atomic E-state index is 11.9. The van der Waals surface area contributed by atoms with Crippen molar-refractivity contribution >= 4 is 16.0 Å². The summed E-state index contributed by atoms with van der Waals surface area (Å²) in [5.41, 5.74) is 0.158. The Morgan fingerprint density at radius 3 is 2.58 bits per heavy atom. The Balaban J connectivity index is 2.05. The first kappa shape index (κ1) is 14.0. The molecule has 19 heavy (non-hydrogen) atoms. The van der Waals surface area contributed by atoms with Crippen molar-refractivity contribution in [2.24, 2.45) is 11.3 Å². The first-order chi connectivity index (χ1) is 8.72. The fraction of sp³-hybridized carbons (Fsp3) is 0.500. The molecule has 6 nitrogen and oxygen atoms in total. The van der Waals surface area contributed by atoms with Crippen LogP contribution in [0.2, 0.25) is 0 Å². The molecule has 0 bridgehead atoms. The SMILES string of the molecule is CC1(C)CC1CNS(=O)(=O)c1ccc(C(=O)O)cn1. The molecule has 104 valence electrons. The Labute approximate surface area is 111 Å². The molecule has 1 unspecified atom stereocenters. The van der Waals surface area contributed by atoms with E-state index in [0.717, 1.165) is 12.6 Å². The zero-order valence-electron chi connectivity index (χ0n) is 10.8. The van der Waals surface area contributed by atoms with Crippen LogP contribution in [0.25, 0.3) is 0 Å². The number of aromatic nitrogens is 1. The van der Waals surface area contributed by atoms with E-state index < -0.39 is 16.0 Å². The standard InChI is InChI=1S/C12H16N2O4S/c1-12(2)5-9(12)7-14-19(17,18)10-4-3-8(6-13-10)11(15)16/h3-4,6,9,14H,5,7H2,1-2H3,(H,15,16). The summed E-state index contributed by atoms with van der Waals surface area (Å²) in [7, 11) is -3.66. The number of hydrogen-bond acceptors (Lipinski definition) is 4. The van der Waals surface area contributed by atoms with Crippen LogP contribution in [0.4, 0.5) is 0 Å². The molecular weight excluding hydrogens is 268 g/mol. The molecule has 1 fully saturated rings. The van der Waals surface area contributed by atoms with Gasteiger partial charge in [-0.05, 0) is 29.9 Å². The van der Waals surface area contributed by atoms with Gasteiger partial charge < -0.3 is 5.11 Å². The van der Waals surface area contributed by atoms with Crippen LogP contribution in [0.15, 0.2) is 23.4 Å². The van der Waals surface area contributed by atoms with Crippen LogP contribution in [-0.2, 0) is 10.0 Å². The number of rotatable bonds is 5. The van der Waals surface area contributed by atoms with E-state index >= 15 is 0 Å². The Morgan fingerprint density at radius 1 is 1.53 bits per heavy atom. The highest BCUT2D eigenvalue weighted by molar-refractivity contribution is 7.89. The highest BCUT2D eigenvalue weighted by Crippen LogP contribution is 2.51. The van der Waals surface area contributed by atoms with Gasteiger partial charge in [-0.1, -0.05) is 13.8 Å². The van der Waals surface area contributed by atoms with Crippen LogP contribution in [0.1, 0.15) is 30.6 Å². The van der Waals surface area contributed by atoms with Crippen LogP contribution in [0.5, 0.6) is 0 Å². The summed E-state index contributed by atoms with van der Waals surface area (Å²) in [5.74, 6) is -0.787. The number of carbonyl (C=O) groups is 1. The van der Waals surface area contributed by atoms with Gasteiger partial charge in [0.15, 0.2) is 5.03 Å². The highest BCUT2D eigenvalue weighted by Gasteiger charge is 2.45. The van der Waals surface area contributed by atoms with Crippen molar-refractivity contribution in [1.82, 2.24) is 9.71 Å². The first-order valence-corrected chi connectivity index (χ1v) is 7.40. The van der Waals surface area contributed by atoms with Gasteiger partial charge in [0, 0.05) is 12.7 Å². The lowest BCUT2D eigenvalue weighted by Crippen LogP contribution is -2.27. The van der Waals surface area contributed by atoms with Gasteiger partial charge in [0.05, 0.1) is 5.56 Å². The van der Waals surface area contributed by atoms with Gasteiger partial charge in [-0.15, -0.1) is 0 Å². The van der Waals surface area contributed by atoms with E-state index in [9.17, 15) is 13.2 Å². The molecule has 0 saturated heterocycles. The van der Waals surface area contributed by atoms with Crippen molar-refractivity contribution in [2.75, 3.05) is 6.54 Å². The Bertz CT molecular complexity index is 593. The summed E-state index contributed by atoms with van der Waals surface area (Å²) >= 11 is 0. The lowest BCUT2D eigenvalue weighted by atomic mass is 10.1. The number of carboxylic acid groups (broad SMARTS) is 1. The lowest BCUT2D eigenvalue weighted by molar-refractivity contribution is 0.0696. The number of aromatic carboxylic acids is 1. The quantitative estimate of drug-likeness (QED) is 0.844. The van der Waals surface area contributed by atoms with Crippen LogP contribution >= 0.6 is 0 Å². The zero-order valence-corrected chi connectivity index (χ0v) is 11.6. The molecule has 0 amide bonds. The van der Waals surface area contributed by atoms with E-state index in [1.54, 1.807) is 0 Å². The molecule has 7 heteroatoms. The van der Waals surface area contributed by atoms with Gasteiger partial charge in [0.25, 0.3) is 10.0 Å². The maximum Gasteiger partial charge on any atom is 0.337 e.